The van der Waals surface area contributed by atoms with Crippen molar-refractivity contribution in [3.63, 3.8) is 0 Å². The molecule has 0 aliphatic rings. The first-order valence-electron chi connectivity index (χ1n) is 5.99. The molecule has 2 aromatic rings. The number of benzene rings is 2. The second-order valence-electron chi connectivity index (χ2n) is 4.52. The second-order valence-corrected chi connectivity index (χ2v) is 4.52. The number of hydrogen-bond donors (Lipinski definition) is 1. The highest BCUT2D eigenvalue weighted by molar-refractivity contribution is 5.55. The lowest BCUT2D eigenvalue weighted by Crippen LogP contribution is -2.32. The number of hydrogen-bond acceptors (Lipinski definition) is 2. The Labute approximate surface area is 111 Å². The highest BCUT2D eigenvalue weighted by Gasteiger charge is 2.32. The number of alkyl halides is 2. The SMILES string of the molecule is CN(CC(F)(F)c1ccccc1)c1cccc(N)c1. The normalized spacial score (nSPS) is 11.3. The molecular formula is C15H16F2N2. The van der Waals surface area contributed by atoms with Crippen LogP contribution >= 0.6 is 0 Å². The largest absolute Gasteiger partial charge is 0.399 e. The molecule has 0 unspecified atom stereocenters. The minimum atomic E-state index is -2.90. The summed E-state index contributed by atoms with van der Waals surface area (Å²) in [5, 5.41) is 0. The Morgan fingerprint density at radius 2 is 1.74 bits per heavy atom. The molecule has 0 saturated carbocycles. The quantitative estimate of drug-likeness (QED) is 0.854. The van der Waals surface area contributed by atoms with Crippen molar-refractivity contribution < 1.29 is 8.78 Å². The van der Waals surface area contributed by atoms with Gasteiger partial charge >= 0.3 is 0 Å². The predicted octanol–water partition coefficient (Wildman–Crippen LogP) is 3.50. The van der Waals surface area contributed by atoms with Gasteiger partial charge < -0.3 is 10.6 Å². The number of nitrogens with two attached hydrogens (primary N) is 1. The van der Waals surface area contributed by atoms with Crippen molar-refractivity contribution in [3.8, 4) is 0 Å². The van der Waals surface area contributed by atoms with E-state index in [0.717, 1.165) is 0 Å². The lowest BCUT2D eigenvalue weighted by molar-refractivity contribution is 0.00500. The van der Waals surface area contributed by atoms with E-state index in [2.05, 4.69) is 0 Å². The zero-order chi connectivity index (χ0) is 13.9. The molecule has 0 radical (unpaired) electrons. The monoisotopic (exact) mass is 262 g/mol. The van der Waals surface area contributed by atoms with Crippen molar-refractivity contribution in [2.75, 3.05) is 24.2 Å². The van der Waals surface area contributed by atoms with Gasteiger partial charge in [-0.1, -0.05) is 36.4 Å². The van der Waals surface area contributed by atoms with E-state index in [1.807, 2.05) is 0 Å². The van der Waals surface area contributed by atoms with Gasteiger partial charge in [-0.15, -0.1) is 0 Å². The van der Waals surface area contributed by atoms with Crippen LogP contribution in [-0.2, 0) is 5.92 Å². The van der Waals surface area contributed by atoms with E-state index in [0.29, 0.717) is 11.4 Å². The molecule has 0 aliphatic heterocycles. The van der Waals surface area contributed by atoms with E-state index in [4.69, 9.17) is 5.73 Å². The summed E-state index contributed by atoms with van der Waals surface area (Å²) in [4.78, 5) is 1.50. The lowest BCUT2D eigenvalue weighted by Gasteiger charge is -2.26. The number of anilines is 2. The molecule has 2 rings (SSSR count). The van der Waals surface area contributed by atoms with Crippen LogP contribution in [-0.4, -0.2) is 13.6 Å². The first kappa shape index (κ1) is 13.3. The molecule has 0 fully saturated rings. The summed E-state index contributed by atoms with van der Waals surface area (Å²) in [6, 6.07) is 14.8. The third kappa shape index (κ3) is 3.22. The van der Waals surface area contributed by atoms with Crippen molar-refractivity contribution in [2.45, 2.75) is 5.92 Å². The molecular weight excluding hydrogens is 246 g/mol. The molecule has 2 nitrogen and oxygen atoms in total. The summed E-state index contributed by atoms with van der Waals surface area (Å²) in [5.41, 5.74) is 6.92. The summed E-state index contributed by atoms with van der Waals surface area (Å²) in [7, 11) is 1.63. The molecule has 19 heavy (non-hydrogen) atoms. The van der Waals surface area contributed by atoms with Gasteiger partial charge in [-0.25, -0.2) is 0 Å². The fourth-order valence-electron chi connectivity index (χ4n) is 1.92. The summed E-state index contributed by atoms with van der Waals surface area (Å²) < 4.78 is 28.2. The van der Waals surface area contributed by atoms with Crippen LogP contribution in [0.15, 0.2) is 54.6 Å². The van der Waals surface area contributed by atoms with Crippen molar-refractivity contribution in [3.05, 3.63) is 60.2 Å². The van der Waals surface area contributed by atoms with E-state index < -0.39 is 5.92 Å². The van der Waals surface area contributed by atoms with Crippen LogP contribution in [0.4, 0.5) is 20.2 Å². The van der Waals surface area contributed by atoms with Gasteiger partial charge in [0.2, 0.25) is 0 Å². The molecule has 0 amide bonds. The van der Waals surface area contributed by atoms with Crippen LogP contribution in [0.25, 0.3) is 0 Å². The Morgan fingerprint density at radius 3 is 2.37 bits per heavy atom. The summed E-state index contributed by atoms with van der Waals surface area (Å²) in [6.07, 6.45) is 0. The molecule has 0 aliphatic carbocycles. The highest BCUT2D eigenvalue weighted by Crippen LogP contribution is 2.30. The minimum Gasteiger partial charge on any atom is -0.399 e. The molecule has 4 heteroatoms. The van der Waals surface area contributed by atoms with Crippen LogP contribution in [0, 0.1) is 0 Å². The minimum absolute atomic E-state index is 0.0192. The maximum Gasteiger partial charge on any atom is 0.290 e. The van der Waals surface area contributed by atoms with Gasteiger partial charge in [0.05, 0.1) is 6.54 Å². The summed E-state index contributed by atoms with van der Waals surface area (Å²) >= 11 is 0. The van der Waals surface area contributed by atoms with E-state index in [1.54, 1.807) is 49.5 Å². The fraction of sp³-hybridized carbons (Fsp3) is 0.200. The maximum atomic E-state index is 14.1. The van der Waals surface area contributed by atoms with Gasteiger partial charge in [-0.3, -0.25) is 0 Å². The van der Waals surface area contributed by atoms with Gasteiger partial charge in [0.25, 0.3) is 5.92 Å². The Hall–Kier alpha value is -2.10. The predicted molar refractivity (Wildman–Crippen MR) is 74.5 cm³/mol. The molecule has 2 N–H and O–H groups in total. The summed E-state index contributed by atoms with van der Waals surface area (Å²) in [5.74, 6) is -2.90. The molecule has 0 bridgehead atoms. The molecule has 0 atom stereocenters. The van der Waals surface area contributed by atoms with Crippen molar-refractivity contribution in [1.82, 2.24) is 0 Å². The fourth-order valence-corrected chi connectivity index (χ4v) is 1.92. The molecule has 0 spiro atoms. The Bertz CT molecular complexity index is 541. The van der Waals surface area contributed by atoms with E-state index >= 15 is 0 Å². The highest BCUT2D eigenvalue weighted by atomic mass is 19.3. The average molecular weight is 262 g/mol. The lowest BCUT2D eigenvalue weighted by atomic mass is 10.1. The van der Waals surface area contributed by atoms with Gasteiger partial charge in [0.1, 0.15) is 0 Å². The van der Waals surface area contributed by atoms with E-state index in [9.17, 15) is 8.78 Å². The molecule has 100 valence electrons. The average Bonchev–Trinajstić information content (AvgIpc) is 2.39. The zero-order valence-electron chi connectivity index (χ0n) is 10.7. The third-order valence-corrected chi connectivity index (χ3v) is 2.94. The van der Waals surface area contributed by atoms with Gasteiger partial charge in [-0.2, -0.15) is 8.78 Å². The zero-order valence-corrected chi connectivity index (χ0v) is 10.7. The maximum absolute atomic E-state index is 14.1. The number of halogens is 2. The second kappa shape index (κ2) is 5.26. The smallest absolute Gasteiger partial charge is 0.290 e. The number of nitrogen functional groups attached to an aromatic ring is 1. The van der Waals surface area contributed by atoms with Crippen LogP contribution in [0.3, 0.4) is 0 Å². The molecule has 0 aromatic heterocycles. The Morgan fingerprint density at radius 1 is 1.05 bits per heavy atom. The molecule has 0 saturated heterocycles. The van der Waals surface area contributed by atoms with Crippen molar-refractivity contribution >= 4 is 11.4 Å². The van der Waals surface area contributed by atoms with Gasteiger partial charge in [0, 0.05) is 24.0 Å². The first-order chi connectivity index (χ1) is 8.99. The third-order valence-electron chi connectivity index (χ3n) is 2.94. The summed E-state index contributed by atoms with van der Waals surface area (Å²) in [6.45, 7) is -0.388. The van der Waals surface area contributed by atoms with Crippen LogP contribution in [0.5, 0.6) is 0 Å². The molecule has 2 aromatic carbocycles. The number of rotatable bonds is 4. The number of likely N-dealkylation sites (N-methyl/N-ethyl adjacent to an activating group) is 1. The first-order valence-corrected chi connectivity index (χ1v) is 5.99. The van der Waals surface area contributed by atoms with Gasteiger partial charge in [-0.05, 0) is 18.2 Å². The standard InChI is InChI=1S/C15H16F2N2/c1-19(14-9-5-8-13(18)10-14)11-15(16,17)12-6-3-2-4-7-12/h2-10H,11,18H2,1H3. The van der Waals surface area contributed by atoms with Crippen LogP contribution in [0.2, 0.25) is 0 Å². The van der Waals surface area contributed by atoms with E-state index in [-0.39, 0.29) is 12.1 Å². The van der Waals surface area contributed by atoms with Crippen LogP contribution < -0.4 is 10.6 Å². The molecule has 0 heterocycles. The van der Waals surface area contributed by atoms with Crippen molar-refractivity contribution in [2.24, 2.45) is 0 Å². The Kier molecular flexibility index (Phi) is 3.69. The van der Waals surface area contributed by atoms with Crippen LogP contribution in [0.1, 0.15) is 5.56 Å². The van der Waals surface area contributed by atoms with Crippen molar-refractivity contribution in [1.29, 1.82) is 0 Å². The number of nitrogens with zero attached hydrogens (tertiary/aromatic N) is 1. The van der Waals surface area contributed by atoms with E-state index in [1.165, 1.54) is 17.0 Å². The van der Waals surface area contributed by atoms with Gasteiger partial charge in [0.15, 0.2) is 0 Å². The topological polar surface area (TPSA) is 29.3 Å². The Balaban J connectivity index is 2.16.